The highest BCUT2D eigenvalue weighted by molar-refractivity contribution is 6.42. The predicted octanol–water partition coefficient (Wildman–Crippen LogP) is 5.58. The molecule has 0 aromatic heterocycles. The van der Waals surface area contributed by atoms with Gasteiger partial charge in [-0.25, -0.2) is 0 Å². The normalized spacial score (nSPS) is 11.5. The van der Waals surface area contributed by atoms with Gasteiger partial charge in [0.05, 0.1) is 16.6 Å². The summed E-state index contributed by atoms with van der Waals surface area (Å²) in [6.07, 6.45) is 1.76. The standard InChI is InChI=1S/C21H26Cl2N2O/c1-5-14-8-7-9-15(6-2)20(14)25-19(26)13-24-21(3,4)16-10-11-17(22)18(23)12-16/h7-12,24H,5-6,13H2,1-4H3,(H,25,26). The van der Waals surface area contributed by atoms with Crippen LogP contribution in [0.25, 0.3) is 0 Å². The van der Waals surface area contributed by atoms with Crippen molar-refractivity contribution in [2.75, 3.05) is 11.9 Å². The summed E-state index contributed by atoms with van der Waals surface area (Å²) in [6.45, 7) is 8.41. The molecule has 0 radical (unpaired) electrons. The zero-order chi connectivity index (χ0) is 19.3. The number of aryl methyl sites for hydroxylation is 2. The van der Waals surface area contributed by atoms with E-state index in [1.54, 1.807) is 6.07 Å². The molecule has 0 spiro atoms. The van der Waals surface area contributed by atoms with Gasteiger partial charge in [0, 0.05) is 11.2 Å². The van der Waals surface area contributed by atoms with Crippen LogP contribution in [0.1, 0.15) is 44.4 Å². The van der Waals surface area contributed by atoms with Gasteiger partial charge in [-0.2, -0.15) is 0 Å². The van der Waals surface area contributed by atoms with Gasteiger partial charge in [-0.15, -0.1) is 0 Å². The first kappa shape index (κ1) is 20.8. The molecule has 2 N–H and O–H groups in total. The van der Waals surface area contributed by atoms with E-state index in [4.69, 9.17) is 23.2 Å². The van der Waals surface area contributed by atoms with Crippen LogP contribution in [0.15, 0.2) is 36.4 Å². The zero-order valence-corrected chi connectivity index (χ0v) is 17.3. The molecular formula is C21H26Cl2N2O. The molecule has 1 amide bonds. The average molecular weight is 393 g/mol. The van der Waals surface area contributed by atoms with Gasteiger partial charge in [0.25, 0.3) is 0 Å². The highest BCUT2D eigenvalue weighted by Crippen LogP contribution is 2.28. The summed E-state index contributed by atoms with van der Waals surface area (Å²) in [5.41, 5.74) is 3.81. The summed E-state index contributed by atoms with van der Waals surface area (Å²) in [5, 5.41) is 7.41. The lowest BCUT2D eigenvalue weighted by molar-refractivity contribution is -0.115. The lowest BCUT2D eigenvalue weighted by atomic mass is 9.94. The molecule has 0 aliphatic rings. The van der Waals surface area contributed by atoms with Crippen LogP contribution in [0.5, 0.6) is 0 Å². The van der Waals surface area contributed by atoms with E-state index in [0.717, 1.165) is 35.2 Å². The first-order valence-electron chi connectivity index (χ1n) is 8.89. The molecule has 5 heteroatoms. The molecular weight excluding hydrogens is 367 g/mol. The average Bonchev–Trinajstić information content (AvgIpc) is 2.62. The number of hydrogen-bond donors (Lipinski definition) is 2. The van der Waals surface area contributed by atoms with Crippen molar-refractivity contribution in [3.63, 3.8) is 0 Å². The van der Waals surface area contributed by atoms with Crippen molar-refractivity contribution >= 4 is 34.8 Å². The Balaban J connectivity index is 2.08. The number of benzene rings is 2. The van der Waals surface area contributed by atoms with E-state index in [9.17, 15) is 4.79 Å². The largest absolute Gasteiger partial charge is 0.324 e. The zero-order valence-electron chi connectivity index (χ0n) is 15.7. The minimum absolute atomic E-state index is 0.0614. The highest BCUT2D eigenvalue weighted by Gasteiger charge is 2.22. The number of halogens is 2. The SMILES string of the molecule is CCc1cccc(CC)c1NC(=O)CNC(C)(C)c1ccc(Cl)c(Cl)c1. The summed E-state index contributed by atoms with van der Waals surface area (Å²) in [5.74, 6) is -0.0614. The second-order valence-corrected chi connectivity index (χ2v) is 7.63. The summed E-state index contributed by atoms with van der Waals surface area (Å²) in [7, 11) is 0. The number of nitrogens with one attached hydrogen (secondary N) is 2. The minimum atomic E-state index is -0.413. The van der Waals surface area contributed by atoms with Crippen LogP contribution < -0.4 is 10.6 Å². The van der Waals surface area contributed by atoms with Crippen molar-refractivity contribution in [2.45, 2.75) is 46.1 Å². The summed E-state index contributed by atoms with van der Waals surface area (Å²) >= 11 is 12.1. The molecule has 2 aromatic rings. The van der Waals surface area contributed by atoms with Crippen molar-refractivity contribution in [3.05, 3.63) is 63.1 Å². The third-order valence-electron chi connectivity index (χ3n) is 4.60. The van der Waals surface area contributed by atoms with Gasteiger partial charge < -0.3 is 5.32 Å². The fraction of sp³-hybridized carbons (Fsp3) is 0.381. The number of para-hydroxylation sites is 1. The van der Waals surface area contributed by atoms with Gasteiger partial charge in [-0.3, -0.25) is 10.1 Å². The van der Waals surface area contributed by atoms with E-state index >= 15 is 0 Å². The Morgan fingerprint density at radius 2 is 1.62 bits per heavy atom. The summed E-state index contributed by atoms with van der Waals surface area (Å²) in [6, 6.07) is 11.7. The van der Waals surface area contributed by atoms with E-state index in [1.165, 1.54) is 0 Å². The van der Waals surface area contributed by atoms with Gasteiger partial charge in [0.1, 0.15) is 0 Å². The lowest BCUT2D eigenvalue weighted by Crippen LogP contribution is -2.41. The topological polar surface area (TPSA) is 41.1 Å². The van der Waals surface area contributed by atoms with E-state index in [1.807, 2.05) is 32.0 Å². The molecule has 0 saturated carbocycles. The van der Waals surface area contributed by atoms with Gasteiger partial charge in [-0.05, 0) is 55.5 Å². The summed E-state index contributed by atoms with van der Waals surface area (Å²) < 4.78 is 0. The number of carbonyl (C=O) groups excluding carboxylic acids is 1. The quantitative estimate of drug-likeness (QED) is 0.645. The lowest BCUT2D eigenvalue weighted by Gasteiger charge is -2.27. The van der Waals surface area contributed by atoms with Crippen LogP contribution in [0.4, 0.5) is 5.69 Å². The Hall–Kier alpha value is -1.55. The molecule has 0 heterocycles. The Bertz CT molecular complexity index is 765. The van der Waals surface area contributed by atoms with Crippen LogP contribution in [0, 0.1) is 0 Å². The number of carbonyl (C=O) groups is 1. The predicted molar refractivity (Wildman–Crippen MR) is 111 cm³/mol. The highest BCUT2D eigenvalue weighted by atomic mass is 35.5. The first-order chi connectivity index (χ1) is 12.3. The molecule has 140 valence electrons. The molecule has 2 rings (SSSR count). The number of anilines is 1. The first-order valence-corrected chi connectivity index (χ1v) is 9.65. The molecule has 26 heavy (non-hydrogen) atoms. The van der Waals surface area contributed by atoms with E-state index < -0.39 is 5.54 Å². The number of hydrogen-bond acceptors (Lipinski definition) is 2. The van der Waals surface area contributed by atoms with Gasteiger partial charge in [0.2, 0.25) is 5.91 Å². The van der Waals surface area contributed by atoms with Crippen molar-refractivity contribution < 1.29 is 4.79 Å². The molecule has 0 saturated heterocycles. The van der Waals surface area contributed by atoms with Crippen molar-refractivity contribution in [2.24, 2.45) is 0 Å². The maximum absolute atomic E-state index is 12.5. The van der Waals surface area contributed by atoms with Gasteiger partial charge >= 0.3 is 0 Å². The fourth-order valence-corrected chi connectivity index (χ4v) is 3.17. The molecule has 0 aliphatic carbocycles. The molecule has 2 aromatic carbocycles. The van der Waals surface area contributed by atoms with Gasteiger partial charge in [0.15, 0.2) is 0 Å². The van der Waals surface area contributed by atoms with Crippen LogP contribution >= 0.6 is 23.2 Å². The maximum atomic E-state index is 12.5. The Morgan fingerprint density at radius 1 is 1.00 bits per heavy atom. The van der Waals surface area contributed by atoms with Crippen molar-refractivity contribution in [3.8, 4) is 0 Å². The Labute approximate surface area is 166 Å². The molecule has 0 atom stereocenters. The van der Waals surface area contributed by atoms with Gasteiger partial charge in [-0.1, -0.05) is 61.3 Å². The molecule has 0 unspecified atom stereocenters. The van der Waals surface area contributed by atoms with Crippen molar-refractivity contribution in [1.82, 2.24) is 5.32 Å². The van der Waals surface area contributed by atoms with Crippen LogP contribution in [0.2, 0.25) is 10.0 Å². The van der Waals surface area contributed by atoms with Crippen LogP contribution in [0.3, 0.4) is 0 Å². The number of rotatable bonds is 7. The van der Waals surface area contributed by atoms with Crippen molar-refractivity contribution in [1.29, 1.82) is 0 Å². The molecule has 0 aliphatic heterocycles. The Kier molecular flexibility index (Phi) is 7.10. The molecule has 0 bridgehead atoms. The second kappa shape index (κ2) is 8.90. The van der Waals surface area contributed by atoms with E-state index in [0.29, 0.717) is 10.0 Å². The van der Waals surface area contributed by atoms with Crippen LogP contribution in [-0.2, 0) is 23.2 Å². The smallest absolute Gasteiger partial charge is 0.238 e. The Morgan fingerprint density at radius 3 is 2.15 bits per heavy atom. The second-order valence-electron chi connectivity index (χ2n) is 6.81. The third-order valence-corrected chi connectivity index (χ3v) is 5.33. The summed E-state index contributed by atoms with van der Waals surface area (Å²) in [4.78, 5) is 12.5. The van der Waals surface area contributed by atoms with Crippen LogP contribution in [-0.4, -0.2) is 12.5 Å². The molecule has 0 fully saturated rings. The maximum Gasteiger partial charge on any atom is 0.238 e. The van der Waals surface area contributed by atoms with E-state index in [2.05, 4.69) is 36.6 Å². The van der Waals surface area contributed by atoms with E-state index in [-0.39, 0.29) is 12.5 Å². The molecule has 3 nitrogen and oxygen atoms in total. The third kappa shape index (κ3) is 5.00. The number of amides is 1. The fourth-order valence-electron chi connectivity index (χ4n) is 2.87. The monoisotopic (exact) mass is 392 g/mol. The minimum Gasteiger partial charge on any atom is -0.324 e.